The van der Waals surface area contributed by atoms with Gasteiger partial charge in [0, 0.05) is 23.2 Å². The normalized spacial score (nSPS) is 12.7. The Morgan fingerprint density at radius 3 is 2.52 bits per heavy atom. The molecule has 1 heterocycles. The summed E-state index contributed by atoms with van der Waals surface area (Å²) in [4.78, 5) is 4.22. The van der Waals surface area contributed by atoms with Crippen LogP contribution in [0.2, 0.25) is 10.0 Å². The van der Waals surface area contributed by atoms with Crippen LogP contribution in [0.15, 0.2) is 33.8 Å². The van der Waals surface area contributed by atoms with E-state index in [-0.39, 0.29) is 30.0 Å². The molecular weight excluding hydrogens is 474 g/mol. The maximum Gasteiger partial charge on any atom is 0.191 e. The predicted molar refractivity (Wildman–Crippen MR) is 114 cm³/mol. The number of hydrogen-bond donors (Lipinski definition) is 2. The van der Waals surface area contributed by atoms with Gasteiger partial charge in [0.25, 0.3) is 0 Å². The molecule has 0 amide bonds. The van der Waals surface area contributed by atoms with E-state index in [9.17, 15) is 0 Å². The van der Waals surface area contributed by atoms with Gasteiger partial charge in [0.05, 0.1) is 18.3 Å². The zero-order valence-electron chi connectivity index (χ0n) is 14.6. The van der Waals surface area contributed by atoms with Crippen molar-refractivity contribution in [2.45, 2.75) is 39.3 Å². The average Bonchev–Trinajstić information content (AvgIpc) is 3.00. The van der Waals surface area contributed by atoms with Gasteiger partial charge in [-0.3, -0.25) is 4.99 Å². The molecule has 25 heavy (non-hydrogen) atoms. The molecular formula is C17H23Cl2IN4O. The molecule has 138 valence electrons. The molecule has 8 heteroatoms. The van der Waals surface area contributed by atoms with Crippen LogP contribution in [0.3, 0.4) is 0 Å². The number of benzene rings is 1. The van der Waals surface area contributed by atoms with E-state index in [2.05, 4.69) is 34.6 Å². The summed E-state index contributed by atoms with van der Waals surface area (Å²) in [6, 6.07) is 7.38. The summed E-state index contributed by atoms with van der Waals surface area (Å²) in [5.41, 5.74) is 1.89. The van der Waals surface area contributed by atoms with Crippen molar-refractivity contribution in [3.63, 3.8) is 0 Å². The minimum Gasteiger partial charge on any atom is -0.359 e. The fraction of sp³-hybridized carbons (Fsp3) is 0.412. The molecule has 2 N–H and O–H groups in total. The van der Waals surface area contributed by atoms with E-state index in [0.29, 0.717) is 28.5 Å². The highest BCUT2D eigenvalue weighted by atomic mass is 127. The molecule has 0 saturated heterocycles. The molecule has 2 aromatic rings. The highest BCUT2D eigenvalue weighted by molar-refractivity contribution is 14.0. The van der Waals surface area contributed by atoms with Crippen LogP contribution in [0, 0.1) is 0 Å². The first kappa shape index (κ1) is 22.1. The van der Waals surface area contributed by atoms with Crippen LogP contribution in [-0.2, 0) is 6.54 Å². The van der Waals surface area contributed by atoms with Crippen molar-refractivity contribution in [2.24, 2.45) is 4.99 Å². The molecule has 0 aliphatic carbocycles. The van der Waals surface area contributed by atoms with Gasteiger partial charge >= 0.3 is 0 Å². The van der Waals surface area contributed by atoms with Crippen LogP contribution in [0.1, 0.15) is 49.7 Å². The van der Waals surface area contributed by atoms with Gasteiger partial charge < -0.3 is 15.2 Å². The Labute approximate surface area is 175 Å². The van der Waals surface area contributed by atoms with Crippen LogP contribution >= 0.6 is 47.2 Å². The number of hydrogen-bond acceptors (Lipinski definition) is 3. The fourth-order valence-corrected chi connectivity index (χ4v) is 2.76. The van der Waals surface area contributed by atoms with Crippen molar-refractivity contribution < 1.29 is 4.52 Å². The molecule has 1 aromatic heterocycles. The van der Waals surface area contributed by atoms with E-state index in [1.165, 1.54) is 0 Å². The molecule has 0 fully saturated rings. The lowest BCUT2D eigenvalue weighted by molar-refractivity contribution is 0.371. The first-order valence-corrected chi connectivity index (χ1v) is 8.54. The van der Waals surface area contributed by atoms with E-state index in [1.54, 1.807) is 13.1 Å². The van der Waals surface area contributed by atoms with E-state index in [4.69, 9.17) is 27.7 Å². The average molecular weight is 497 g/mol. The van der Waals surface area contributed by atoms with Crippen molar-refractivity contribution in [1.82, 2.24) is 15.8 Å². The van der Waals surface area contributed by atoms with Gasteiger partial charge in [-0.15, -0.1) is 24.0 Å². The molecule has 0 saturated carbocycles. The molecule has 1 aromatic carbocycles. The quantitative estimate of drug-likeness (QED) is 0.341. The first-order valence-electron chi connectivity index (χ1n) is 7.78. The fourth-order valence-electron chi connectivity index (χ4n) is 2.19. The minimum absolute atomic E-state index is 0. The lowest BCUT2D eigenvalue weighted by atomic mass is 10.1. The summed E-state index contributed by atoms with van der Waals surface area (Å²) in [5.74, 6) is 1.75. The second-order valence-corrected chi connectivity index (χ2v) is 6.67. The van der Waals surface area contributed by atoms with E-state index < -0.39 is 0 Å². The lowest BCUT2D eigenvalue weighted by Gasteiger charge is -2.19. The standard InChI is InChI=1S/C17H22Cl2N4O.HI/c1-10(2)16-8-13(24-23-16)9-21-17(20-4)22-11(3)14-6-5-12(18)7-15(14)19;/h5-8,10-11H,9H2,1-4H3,(H2,20,21,22);1H. The SMILES string of the molecule is CN=C(NCc1cc(C(C)C)no1)NC(C)c1ccc(Cl)cc1Cl.I. The van der Waals surface area contributed by atoms with Crippen LogP contribution in [0.4, 0.5) is 0 Å². The van der Waals surface area contributed by atoms with Crippen molar-refractivity contribution in [3.05, 3.63) is 51.3 Å². The molecule has 0 spiro atoms. The number of rotatable bonds is 5. The number of guanidine groups is 1. The number of halogens is 3. The number of aromatic nitrogens is 1. The van der Waals surface area contributed by atoms with Gasteiger partial charge in [-0.25, -0.2) is 0 Å². The largest absolute Gasteiger partial charge is 0.359 e. The number of nitrogens with one attached hydrogen (secondary N) is 2. The Kier molecular flexibility index (Phi) is 9.02. The van der Waals surface area contributed by atoms with E-state index >= 15 is 0 Å². The van der Waals surface area contributed by atoms with E-state index in [1.807, 2.05) is 25.1 Å². The molecule has 0 bridgehead atoms. The second-order valence-electron chi connectivity index (χ2n) is 5.83. The summed E-state index contributed by atoms with van der Waals surface area (Å²) in [6.07, 6.45) is 0. The second kappa shape index (κ2) is 10.2. The highest BCUT2D eigenvalue weighted by Crippen LogP contribution is 2.26. The Bertz CT molecular complexity index is 718. The maximum atomic E-state index is 6.25. The third-order valence-corrected chi connectivity index (χ3v) is 4.17. The van der Waals surface area contributed by atoms with Gasteiger partial charge in [0.1, 0.15) is 0 Å². The Morgan fingerprint density at radius 2 is 1.96 bits per heavy atom. The van der Waals surface area contributed by atoms with Gasteiger partial charge in [0.15, 0.2) is 11.7 Å². The van der Waals surface area contributed by atoms with Crippen LogP contribution in [0.5, 0.6) is 0 Å². The Balaban J connectivity index is 0.00000312. The Hall–Kier alpha value is -0.990. The minimum atomic E-state index is -0.0260. The zero-order chi connectivity index (χ0) is 17.7. The van der Waals surface area contributed by atoms with Gasteiger partial charge in [-0.2, -0.15) is 0 Å². The van der Waals surface area contributed by atoms with Crippen molar-refractivity contribution in [2.75, 3.05) is 7.05 Å². The van der Waals surface area contributed by atoms with Crippen LogP contribution < -0.4 is 10.6 Å². The lowest BCUT2D eigenvalue weighted by Crippen LogP contribution is -2.38. The molecule has 0 radical (unpaired) electrons. The summed E-state index contributed by atoms with van der Waals surface area (Å²) in [5, 5.41) is 11.8. The number of aliphatic imine (C=N–C) groups is 1. The zero-order valence-corrected chi connectivity index (χ0v) is 18.5. The smallest absolute Gasteiger partial charge is 0.191 e. The predicted octanol–water partition coefficient (Wildman–Crippen LogP) is 5.15. The third-order valence-electron chi connectivity index (χ3n) is 3.60. The molecule has 5 nitrogen and oxygen atoms in total. The molecule has 2 rings (SSSR count). The summed E-state index contributed by atoms with van der Waals surface area (Å²) < 4.78 is 5.31. The monoisotopic (exact) mass is 496 g/mol. The van der Waals surface area contributed by atoms with E-state index in [0.717, 1.165) is 17.0 Å². The molecule has 0 aliphatic heterocycles. The summed E-state index contributed by atoms with van der Waals surface area (Å²) >= 11 is 12.2. The molecule has 0 aliphatic rings. The van der Waals surface area contributed by atoms with Crippen molar-refractivity contribution in [3.8, 4) is 0 Å². The highest BCUT2D eigenvalue weighted by Gasteiger charge is 2.13. The maximum absolute atomic E-state index is 6.25. The topological polar surface area (TPSA) is 62.5 Å². The van der Waals surface area contributed by atoms with Crippen LogP contribution in [-0.4, -0.2) is 18.2 Å². The first-order chi connectivity index (χ1) is 11.4. The summed E-state index contributed by atoms with van der Waals surface area (Å²) in [6.45, 7) is 6.66. The molecule has 1 atom stereocenters. The van der Waals surface area contributed by atoms with Crippen molar-refractivity contribution >= 4 is 53.1 Å². The van der Waals surface area contributed by atoms with Crippen molar-refractivity contribution in [1.29, 1.82) is 0 Å². The van der Waals surface area contributed by atoms with Gasteiger partial charge in [0.2, 0.25) is 0 Å². The van der Waals surface area contributed by atoms with Gasteiger partial charge in [-0.1, -0.05) is 48.3 Å². The third kappa shape index (κ3) is 6.34. The summed E-state index contributed by atoms with van der Waals surface area (Å²) in [7, 11) is 1.71. The number of nitrogens with zero attached hydrogens (tertiary/aromatic N) is 2. The Morgan fingerprint density at radius 1 is 1.24 bits per heavy atom. The van der Waals surface area contributed by atoms with Gasteiger partial charge in [-0.05, 0) is 30.5 Å². The van der Waals surface area contributed by atoms with Crippen LogP contribution in [0.25, 0.3) is 0 Å². The molecule has 1 unspecified atom stereocenters.